The predicted molar refractivity (Wildman–Crippen MR) is 136 cm³/mol. The van der Waals surface area contributed by atoms with E-state index in [1.54, 1.807) is 30.5 Å². The van der Waals surface area contributed by atoms with E-state index in [1.165, 1.54) is 42.2 Å². The van der Waals surface area contributed by atoms with Crippen molar-refractivity contribution in [2.24, 2.45) is 5.92 Å². The third kappa shape index (κ3) is 3.99. The third-order valence-corrected chi connectivity index (χ3v) is 8.04. The summed E-state index contributed by atoms with van der Waals surface area (Å²) in [6.07, 6.45) is 6.55. The number of fused-ring (bicyclic) bond motifs is 4. The number of rotatable bonds is 5. The summed E-state index contributed by atoms with van der Waals surface area (Å²) in [5.41, 5.74) is 2.59. The molecule has 2 N–H and O–H groups in total. The molecule has 1 amide bonds. The lowest BCUT2D eigenvalue weighted by Gasteiger charge is -2.45. The number of aromatic nitrogens is 3. The minimum absolute atomic E-state index is 0.00500. The number of piperidine rings is 1. The minimum atomic E-state index is -0.520. The van der Waals surface area contributed by atoms with Gasteiger partial charge in [-0.05, 0) is 68.9 Å². The van der Waals surface area contributed by atoms with Crippen molar-refractivity contribution in [3.63, 3.8) is 0 Å². The van der Waals surface area contributed by atoms with E-state index in [9.17, 15) is 14.0 Å². The first-order valence-electron chi connectivity index (χ1n) is 12.6. The monoisotopic (exact) mass is 487 g/mol. The van der Waals surface area contributed by atoms with Crippen LogP contribution in [0.15, 0.2) is 53.5 Å². The Bertz CT molecular complexity index is 1540. The molecule has 0 saturated carbocycles. The summed E-state index contributed by atoms with van der Waals surface area (Å²) in [6, 6.07) is 12.2. The fourth-order valence-corrected chi connectivity index (χ4v) is 6.40. The van der Waals surface area contributed by atoms with Gasteiger partial charge in [0.15, 0.2) is 0 Å². The van der Waals surface area contributed by atoms with Crippen LogP contribution >= 0.6 is 0 Å². The summed E-state index contributed by atoms with van der Waals surface area (Å²) < 4.78 is 16.3. The molecule has 2 saturated heterocycles. The van der Waals surface area contributed by atoms with Gasteiger partial charge >= 0.3 is 0 Å². The SMILES string of the molecule is C[C@H]1C[C@@H]2CC[C@](C)(C1)N2Cc1cc2cc(F)c(CNC(=O)c3cc(=O)n4ccccc4n3)cc2[nH]1. The van der Waals surface area contributed by atoms with E-state index in [2.05, 4.69) is 34.0 Å². The second-order valence-electron chi connectivity index (χ2n) is 10.8. The van der Waals surface area contributed by atoms with Crippen molar-refractivity contribution in [1.82, 2.24) is 24.6 Å². The summed E-state index contributed by atoms with van der Waals surface area (Å²) in [5, 5.41) is 3.53. The molecule has 0 unspecified atom stereocenters. The molecule has 0 radical (unpaired) electrons. The molecule has 3 aromatic heterocycles. The van der Waals surface area contributed by atoms with Gasteiger partial charge in [0.25, 0.3) is 11.5 Å². The Balaban J connectivity index is 1.19. The molecular formula is C28H30FN5O2. The van der Waals surface area contributed by atoms with E-state index >= 15 is 0 Å². The van der Waals surface area contributed by atoms with Crippen molar-refractivity contribution < 1.29 is 9.18 Å². The molecule has 1 aromatic carbocycles. The van der Waals surface area contributed by atoms with Gasteiger partial charge in [-0.3, -0.25) is 18.9 Å². The summed E-state index contributed by atoms with van der Waals surface area (Å²) in [5.74, 6) is -0.135. The number of amides is 1. The number of hydrogen-bond donors (Lipinski definition) is 2. The van der Waals surface area contributed by atoms with Crippen molar-refractivity contribution >= 4 is 22.5 Å². The molecule has 7 nitrogen and oxygen atoms in total. The number of halogens is 1. The predicted octanol–water partition coefficient (Wildman–Crippen LogP) is 4.40. The van der Waals surface area contributed by atoms with Crippen LogP contribution in [0, 0.1) is 11.7 Å². The number of nitrogens with zero attached hydrogens (tertiary/aromatic N) is 3. The number of aromatic amines is 1. The molecule has 2 fully saturated rings. The molecule has 5 heterocycles. The fraction of sp³-hybridized carbons (Fsp3) is 0.393. The van der Waals surface area contributed by atoms with E-state index < -0.39 is 5.91 Å². The number of hydrogen-bond acceptors (Lipinski definition) is 4. The van der Waals surface area contributed by atoms with Crippen LogP contribution in [-0.4, -0.2) is 36.8 Å². The summed E-state index contributed by atoms with van der Waals surface area (Å²) >= 11 is 0. The Morgan fingerprint density at radius 2 is 2.14 bits per heavy atom. The summed E-state index contributed by atoms with van der Waals surface area (Å²) in [6.45, 7) is 5.56. The maximum atomic E-state index is 14.9. The smallest absolute Gasteiger partial charge is 0.270 e. The highest BCUT2D eigenvalue weighted by atomic mass is 19.1. The van der Waals surface area contributed by atoms with E-state index in [-0.39, 0.29) is 29.2 Å². The standard InChI is InChI=1S/C28H30FN5O2/c1-17-9-21-6-7-28(2,14-17)34(21)16-20-10-18-11-22(29)19(12-23(18)31-20)15-30-27(36)24-13-26(35)33-8-4-3-5-25(33)32-24/h3-5,8,10-13,17,21,31H,6-7,9,14-16H2,1-2H3,(H,30,36)/t17-,21-,28+/m0/s1. The van der Waals surface area contributed by atoms with Gasteiger partial charge < -0.3 is 10.3 Å². The van der Waals surface area contributed by atoms with E-state index in [0.29, 0.717) is 17.3 Å². The lowest BCUT2D eigenvalue weighted by Crippen LogP contribution is -2.49. The number of pyridine rings is 1. The van der Waals surface area contributed by atoms with Crippen molar-refractivity contribution in [2.45, 2.75) is 64.2 Å². The normalized spacial score (nSPS) is 24.0. The highest BCUT2D eigenvalue weighted by Crippen LogP contribution is 2.46. The number of carbonyl (C=O) groups is 1. The first kappa shape index (κ1) is 22.9. The van der Waals surface area contributed by atoms with Crippen molar-refractivity contribution in [3.8, 4) is 0 Å². The van der Waals surface area contributed by atoms with E-state index in [1.807, 2.05) is 6.07 Å². The van der Waals surface area contributed by atoms with Gasteiger partial charge in [0.1, 0.15) is 17.2 Å². The summed E-state index contributed by atoms with van der Waals surface area (Å²) in [4.78, 5) is 35.3. The van der Waals surface area contributed by atoms with E-state index in [4.69, 9.17) is 0 Å². The molecule has 3 atom stereocenters. The largest absolute Gasteiger partial charge is 0.357 e. The Morgan fingerprint density at radius 3 is 2.97 bits per heavy atom. The van der Waals surface area contributed by atoms with Crippen molar-refractivity contribution in [2.75, 3.05) is 0 Å². The van der Waals surface area contributed by atoms with E-state index in [0.717, 1.165) is 29.1 Å². The molecule has 2 aliphatic rings. The molecule has 2 bridgehead atoms. The van der Waals surface area contributed by atoms with Crippen LogP contribution in [0.1, 0.15) is 61.3 Å². The average molecular weight is 488 g/mol. The Hall–Kier alpha value is -3.52. The molecule has 36 heavy (non-hydrogen) atoms. The van der Waals surface area contributed by atoms with Gasteiger partial charge in [-0.2, -0.15) is 0 Å². The average Bonchev–Trinajstić information content (AvgIpc) is 3.31. The zero-order valence-electron chi connectivity index (χ0n) is 20.6. The first-order chi connectivity index (χ1) is 17.3. The second kappa shape index (κ2) is 8.55. The second-order valence-corrected chi connectivity index (χ2v) is 10.8. The molecule has 0 spiro atoms. The third-order valence-electron chi connectivity index (χ3n) is 8.04. The van der Waals surface area contributed by atoms with Gasteiger partial charge in [0, 0.05) is 59.1 Å². The highest BCUT2D eigenvalue weighted by Gasteiger charge is 2.47. The topological polar surface area (TPSA) is 82.5 Å². The maximum absolute atomic E-state index is 14.9. The number of nitrogens with one attached hydrogen (secondary N) is 2. The lowest BCUT2D eigenvalue weighted by atomic mass is 9.83. The van der Waals surface area contributed by atoms with Gasteiger partial charge in [0.2, 0.25) is 0 Å². The molecular weight excluding hydrogens is 457 g/mol. The number of H-pyrrole nitrogens is 1. The molecule has 2 aliphatic heterocycles. The highest BCUT2D eigenvalue weighted by molar-refractivity contribution is 5.92. The molecule has 0 aliphatic carbocycles. The summed E-state index contributed by atoms with van der Waals surface area (Å²) in [7, 11) is 0. The first-order valence-corrected chi connectivity index (χ1v) is 12.6. The Kier molecular flexibility index (Phi) is 5.44. The quantitative estimate of drug-likeness (QED) is 0.437. The maximum Gasteiger partial charge on any atom is 0.270 e. The Morgan fingerprint density at radius 1 is 1.28 bits per heavy atom. The van der Waals surface area contributed by atoms with Crippen LogP contribution in [-0.2, 0) is 13.1 Å². The van der Waals surface area contributed by atoms with Crippen LogP contribution < -0.4 is 10.9 Å². The zero-order valence-corrected chi connectivity index (χ0v) is 20.6. The minimum Gasteiger partial charge on any atom is -0.357 e. The molecule has 186 valence electrons. The number of benzene rings is 1. The number of carbonyl (C=O) groups excluding carboxylic acids is 1. The van der Waals surface area contributed by atoms with Gasteiger partial charge in [0.05, 0.1) is 0 Å². The van der Waals surface area contributed by atoms with Crippen LogP contribution in [0.5, 0.6) is 0 Å². The zero-order chi connectivity index (χ0) is 25.0. The van der Waals surface area contributed by atoms with Crippen LogP contribution in [0.3, 0.4) is 0 Å². The van der Waals surface area contributed by atoms with Crippen LogP contribution in [0.25, 0.3) is 16.6 Å². The Labute approximate surface area is 208 Å². The molecule has 8 heteroatoms. The van der Waals surface area contributed by atoms with Crippen molar-refractivity contribution in [3.05, 3.63) is 81.8 Å². The van der Waals surface area contributed by atoms with Gasteiger partial charge in [-0.15, -0.1) is 0 Å². The molecule has 6 rings (SSSR count). The lowest BCUT2D eigenvalue weighted by molar-refractivity contribution is 0.0335. The van der Waals surface area contributed by atoms with Crippen molar-refractivity contribution in [1.29, 1.82) is 0 Å². The van der Waals surface area contributed by atoms with Gasteiger partial charge in [-0.1, -0.05) is 13.0 Å². The van der Waals surface area contributed by atoms with Crippen LogP contribution in [0.4, 0.5) is 4.39 Å². The van der Waals surface area contributed by atoms with Crippen LogP contribution in [0.2, 0.25) is 0 Å². The van der Waals surface area contributed by atoms with Gasteiger partial charge in [-0.25, -0.2) is 9.37 Å². The fourth-order valence-electron chi connectivity index (χ4n) is 6.40. The molecule has 4 aromatic rings.